The van der Waals surface area contributed by atoms with Crippen LogP contribution in [0.2, 0.25) is 10.0 Å². The number of hydrogen-bond acceptors (Lipinski definition) is 5. The van der Waals surface area contributed by atoms with Gasteiger partial charge in [-0.15, -0.1) is 0 Å². The molecular weight excluding hydrogens is 417 g/mol. The predicted molar refractivity (Wildman–Crippen MR) is 109 cm³/mol. The first-order valence-electron chi connectivity index (χ1n) is 8.09. The zero-order valence-electron chi connectivity index (χ0n) is 14.6. The van der Waals surface area contributed by atoms with Crippen molar-refractivity contribution in [2.75, 3.05) is 5.32 Å². The van der Waals surface area contributed by atoms with Gasteiger partial charge in [0.1, 0.15) is 23.2 Å². The van der Waals surface area contributed by atoms with Crippen LogP contribution in [0.4, 0.5) is 11.4 Å². The largest absolute Gasteiger partial charge is 0.457 e. The van der Waals surface area contributed by atoms with Crippen LogP contribution in [-0.4, -0.2) is 10.8 Å². The van der Waals surface area contributed by atoms with E-state index < -0.39 is 10.8 Å². The van der Waals surface area contributed by atoms with Crippen molar-refractivity contribution in [2.45, 2.75) is 0 Å². The maximum absolute atomic E-state index is 12.4. The monoisotopic (exact) mass is 427 g/mol. The lowest BCUT2D eigenvalue weighted by molar-refractivity contribution is -0.384. The van der Waals surface area contributed by atoms with Crippen molar-refractivity contribution in [3.63, 3.8) is 0 Å². The van der Waals surface area contributed by atoms with Gasteiger partial charge in [-0.2, -0.15) is 5.26 Å². The Morgan fingerprint density at radius 3 is 2.34 bits per heavy atom. The lowest BCUT2D eigenvalue weighted by Crippen LogP contribution is -2.13. The van der Waals surface area contributed by atoms with Gasteiger partial charge >= 0.3 is 0 Å². The molecule has 0 fully saturated rings. The van der Waals surface area contributed by atoms with Gasteiger partial charge in [0.25, 0.3) is 11.6 Å². The molecule has 0 saturated carbocycles. The molecule has 1 aromatic heterocycles. The fourth-order valence-electron chi connectivity index (χ4n) is 2.45. The molecule has 0 aliphatic heterocycles. The molecule has 0 aliphatic rings. The van der Waals surface area contributed by atoms with Crippen LogP contribution in [0, 0.1) is 21.4 Å². The van der Waals surface area contributed by atoms with E-state index in [2.05, 4.69) is 5.32 Å². The molecule has 3 aromatic rings. The molecule has 0 saturated heterocycles. The Morgan fingerprint density at radius 1 is 1.10 bits per heavy atom. The Bertz CT molecular complexity index is 1140. The van der Waals surface area contributed by atoms with Gasteiger partial charge in [-0.3, -0.25) is 14.9 Å². The van der Waals surface area contributed by atoms with E-state index in [9.17, 15) is 20.2 Å². The van der Waals surface area contributed by atoms with Crippen LogP contribution in [0.15, 0.2) is 64.6 Å². The third kappa shape index (κ3) is 5.02. The first-order chi connectivity index (χ1) is 13.9. The molecule has 0 spiro atoms. The first kappa shape index (κ1) is 20.1. The highest BCUT2D eigenvalue weighted by molar-refractivity contribution is 6.35. The number of non-ortho nitro benzene ring substituents is 1. The molecule has 0 radical (unpaired) electrons. The van der Waals surface area contributed by atoms with Crippen LogP contribution in [0.25, 0.3) is 17.4 Å². The van der Waals surface area contributed by atoms with Crippen molar-refractivity contribution in [1.29, 1.82) is 5.26 Å². The van der Waals surface area contributed by atoms with E-state index in [0.29, 0.717) is 27.1 Å². The number of hydrogen-bond donors (Lipinski definition) is 1. The van der Waals surface area contributed by atoms with Gasteiger partial charge in [0.2, 0.25) is 0 Å². The molecule has 7 nitrogen and oxygen atoms in total. The summed E-state index contributed by atoms with van der Waals surface area (Å²) in [6.45, 7) is 0. The van der Waals surface area contributed by atoms with Crippen molar-refractivity contribution in [3.8, 4) is 17.4 Å². The van der Waals surface area contributed by atoms with E-state index in [4.69, 9.17) is 27.6 Å². The summed E-state index contributed by atoms with van der Waals surface area (Å²) in [5.74, 6) is 0.0544. The van der Waals surface area contributed by atoms with Gasteiger partial charge in [-0.05, 0) is 42.5 Å². The minimum atomic E-state index is -0.654. The number of nitrogens with one attached hydrogen (secondary N) is 1. The fraction of sp³-hybridized carbons (Fsp3) is 0. The van der Waals surface area contributed by atoms with Gasteiger partial charge in [0.15, 0.2) is 0 Å². The maximum atomic E-state index is 12.4. The second-order valence-corrected chi connectivity index (χ2v) is 6.66. The number of anilines is 1. The number of nitriles is 1. The summed E-state index contributed by atoms with van der Waals surface area (Å²) in [4.78, 5) is 22.6. The first-order valence-corrected chi connectivity index (χ1v) is 8.85. The number of furan rings is 1. The minimum absolute atomic E-state index is 0.0371. The number of nitrogens with zero attached hydrogens (tertiary/aromatic N) is 2. The van der Waals surface area contributed by atoms with Crippen LogP contribution in [-0.2, 0) is 4.79 Å². The molecule has 0 atom stereocenters. The predicted octanol–water partition coefficient (Wildman–Crippen LogP) is 5.71. The van der Waals surface area contributed by atoms with Gasteiger partial charge in [0.05, 0.1) is 4.92 Å². The molecule has 3 rings (SSSR count). The molecule has 9 heteroatoms. The summed E-state index contributed by atoms with van der Waals surface area (Å²) in [5, 5.41) is 23.3. The average Bonchev–Trinajstić information content (AvgIpc) is 3.14. The molecule has 144 valence electrons. The van der Waals surface area contributed by atoms with Crippen molar-refractivity contribution in [1.82, 2.24) is 0 Å². The Labute approximate surface area is 174 Å². The molecule has 0 unspecified atom stereocenters. The summed E-state index contributed by atoms with van der Waals surface area (Å²) in [5.41, 5.74) is 0.738. The number of nitro groups is 1. The van der Waals surface area contributed by atoms with Gasteiger partial charge in [-0.25, -0.2) is 0 Å². The molecule has 29 heavy (non-hydrogen) atoms. The summed E-state index contributed by atoms with van der Waals surface area (Å²) in [7, 11) is 0. The number of amides is 1. The standard InChI is InChI=1S/C20H11Cl2N3O4/c21-14-8-15(22)10-16(9-14)24-20(26)13(11-23)7-18-5-6-19(29-18)12-1-3-17(4-2-12)25(27)28/h1-10H,(H,24,26)/b13-7+. The second-order valence-electron chi connectivity index (χ2n) is 5.79. The fourth-order valence-corrected chi connectivity index (χ4v) is 2.97. The van der Waals surface area contributed by atoms with Gasteiger partial charge in [-0.1, -0.05) is 23.2 Å². The molecule has 1 N–H and O–H groups in total. The Kier molecular flexibility index (Phi) is 5.98. The van der Waals surface area contributed by atoms with Crippen molar-refractivity contribution >= 4 is 46.6 Å². The molecular formula is C20H11Cl2N3O4. The highest BCUT2D eigenvalue weighted by Crippen LogP contribution is 2.26. The zero-order chi connectivity index (χ0) is 21.0. The van der Waals surface area contributed by atoms with E-state index in [-0.39, 0.29) is 17.0 Å². The number of carbonyl (C=O) groups excluding carboxylic acids is 1. The summed E-state index contributed by atoms with van der Waals surface area (Å²) in [6.07, 6.45) is 1.29. The van der Waals surface area contributed by atoms with Crippen molar-refractivity contribution < 1.29 is 14.1 Å². The van der Waals surface area contributed by atoms with E-state index in [0.717, 1.165) is 0 Å². The number of nitro benzene ring substituents is 1. The third-order valence-electron chi connectivity index (χ3n) is 3.76. The Balaban J connectivity index is 1.80. The minimum Gasteiger partial charge on any atom is -0.457 e. The highest BCUT2D eigenvalue weighted by Gasteiger charge is 2.13. The van der Waals surface area contributed by atoms with Crippen molar-refractivity contribution in [2.24, 2.45) is 0 Å². The van der Waals surface area contributed by atoms with Crippen LogP contribution >= 0.6 is 23.2 Å². The molecule has 1 amide bonds. The normalized spacial score (nSPS) is 11.0. The number of carbonyl (C=O) groups is 1. The van der Waals surface area contributed by atoms with E-state index in [1.807, 2.05) is 6.07 Å². The van der Waals surface area contributed by atoms with E-state index in [1.165, 1.54) is 36.4 Å². The summed E-state index contributed by atoms with van der Waals surface area (Å²) in [6, 6.07) is 15.4. The van der Waals surface area contributed by atoms with Gasteiger partial charge < -0.3 is 9.73 Å². The summed E-state index contributed by atoms with van der Waals surface area (Å²) < 4.78 is 5.62. The molecule has 0 bridgehead atoms. The number of benzene rings is 2. The topological polar surface area (TPSA) is 109 Å². The van der Waals surface area contributed by atoms with Crippen molar-refractivity contribution in [3.05, 3.63) is 86.1 Å². The Hall–Kier alpha value is -3.60. The second kappa shape index (κ2) is 8.61. The third-order valence-corrected chi connectivity index (χ3v) is 4.20. The molecule has 1 heterocycles. The maximum Gasteiger partial charge on any atom is 0.269 e. The quantitative estimate of drug-likeness (QED) is 0.242. The number of rotatable bonds is 5. The van der Waals surface area contributed by atoms with Gasteiger partial charge in [0, 0.05) is 39.5 Å². The highest BCUT2D eigenvalue weighted by atomic mass is 35.5. The number of halogens is 2. The molecule has 0 aliphatic carbocycles. The molecule has 2 aromatic carbocycles. The Morgan fingerprint density at radius 2 is 1.76 bits per heavy atom. The van der Waals surface area contributed by atoms with E-state index >= 15 is 0 Å². The van der Waals surface area contributed by atoms with Crippen LogP contribution in [0.5, 0.6) is 0 Å². The van der Waals surface area contributed by atoms with Crippen LogP contribution < -0.4 is 5.32 Å². The van der Waals surface area contributed by atoms with Crippen LogP contribution in [0.3, 0.4) is 0 Å². The zero-order valence-corrected chi connectivity index (χ0v) is 16.1. The average molecular weight is 428 g/mol. The van der Waals surface area contributed by atoms with E-state index in [1.54, 1.807) is 24.3 Å². The van der Waals surface area contributed by atoms with Crippen LogP contribution in [0.1, 0.15) is 5.76 Å². The summed E-state index contributed by atoms with van der Waals surface area (Å²) >= 11 is 11.8. The SMILES string of the molecule is N#C/C(=C\c1ccc(-c2ccc([N+](=O)[O-])cc2)o1)C(=O)Nc1cc(Cl)cc(Cl)c1. The lowest BCUT2D eigenvalue weighted by Gasteiger charge is -2.05. The lowest BCUT2D eigenvalue weighted by atomic mass is 10.1. The smallest absolute Gasteiger partial charge is 0.269 e.